The second-order valence-corrected chi connectivity index (χ2v) is 6.85. The van der Waals surface area contributed by atoms with Crippen LogP contribution in [0.4, 0.5) is 5.82 Å². The van der Waals surface area contributed by atoms with Gasteiger partial charge >= 0.3 is 11.7 Å². The normalized spacial score (nSPS) is 20.4. The molecule has 0 saturated carbocycles. The highest BCUT2D eigenvalue weighted by atomic mass is 16.6. The Morgan fingerprint density at radius 1 is 1.24 bits per heavy atom. The summed E-state index contributed by atoms with van der Waals surface area (Å²) >= 11 is 0. The number of aromatic amines is 1. The number of methoxy groups -OCH3 is 2. The maximum atomic E-state index is 12.6. The number of carbonyl (C=O) groups is 1. The van der Waals surface area contributed by atoms with E-state index in [0.29, 0.717) is 17.9 Å². The van der Waals surface area contributed by atoms with E-state index in [-0.39, 0.29) is 35.3 Å². The maximum Gasteiger partial charge on any atom is 0.343 e. The van der Waals surface area contributed by atoms with Crippen LogP contribution in [0.25, 0.3) is 0 Å². The van der Waals surface area contributed by atoms with Crippen LogP contribution >= 0.6 is 0 Å². The number of H-pyrrole nitrogens is 1. The summed E-state index contributed by atoms with van der Waals surface area (Å²) < 4.78 is 22.8. The SMILES string of the molecule is COc1ccc2c(c1OC)C(=O)O[C@@H]2c1c(N)n(C[C@H]2CCCO2)c(=O)[nH]c1=O. The maximum absolute atomic E-state index is 12.6. The molecule has 0 unspecified atom stereocenters. The van der Waals surface area contributed by atoms with Crippen molar-refractivity contribution < 1.29 is 23.7 Å². The number of nitrogens with zero attached hydrogens (tertiary/aromatic N) is 1. The Hall–Kier alpha value is -3.27. The first-order valence-electron chi connectivity index (χ1n) is 9.16. The summed E-state index contributed by atoms with van der Waals surface area (Å²) in [6.07, 6.45) is 0.442. The van der Waals surface area contributed by atoms with E-state index in [4.69, 9.17) is 24.7 Å². The molecule has 4 rings (SSSR count). The highest BCUT2D eigenvalue weighted by Gasteiger charge is 2.39. The fraction of sp³-hybridized carbons (Fsp3) is 0.421. The van der Waals surface area contributed by atoms with Crippen LogP contribution in [0.3, 0.4) is 0 Å². The van der Waals surface area contributed by atoms with Gasteiger partial charge in [-0.05, 0) is 18.9 Å². The first-order valence-corrected chi connectivity index (χ1v) is 9.16. The third kappa shape index (κ3) is 3.05. The molecule has 1 saturated heterocycles. The molecule has 1 fully saturated rings. The summed E-state index contributed by atoms with van der Waals surface area (Å²) in [6.45, 7) is 0.818. The molecule has 3 heterocycles. The topological polar surface area (TPSA) is 135 Å². The van der Waals surface area contributed by atoms with Gasteiger partial charge in [-0.25, -0.2) is 9.59 Å². The molecule has 0 amide bonds. The van der Waals surface area contributed by atoms with Crippen molar-refractivity contribution >= 4 is 11.8 Å². The molecular formula is C19H21N3O7. The van der Waals surface area contributed by atoms with Crippen LogP contribution in [0.15, 0.2) is 21.7 Å². The number of esters is 1. The zero-order valence-corrected chi connectivity index (χ0v) is 16.0. The van der Waals surface area contributed by atoms with Crippen molar-refractivity contribution in [2.24, 2.45) is 0 Å². The standard InChI is InChI=1S/C19H21N3O7/c1-26-11-6-5-10-12(15(11)27-2)18(24)29-14(10)13-16(20)22(19(25)21-17(13)23)8-9-4-3-7-28-9/h5-6,9,14H,3-4,7-8,20H2,1-2H3,(H,21,23,25)/t9-,14+/m1/s1. The molecular weight excluding hydrogens is 382 g/mol. The summed E-state index contributed by atoms with van der Waals surface area (Å²) in [5, 5.41) is 0. The highest BCUT2D eigenvalue weighted by molar-refractivity contribution is 5.98. The largest absolute Gasteiger partial charge is 0.493 e. The predicted octanol–water partition coefficient (Wildman–Crippen LogP) is 0.575. The molecule has 1 aromatic heterocycles. The van der Waals surface area contributed by atoms with Crippen molar-refractivity contribution in [2.45, 2.75) is 31.6 Å². The van der Waals surface area contributed by atoms with Crippen molar-refractivity contribution in [2.75, 3.05) is 26.6 Å². The first-order chi connectivity index (χ1) is 14.0. The summed E-state index contributed by atoms with van der Waals surface area (Å²) in [6, 6.07) is 3.22. The van der Waals surface area contributed by atoms with Crippen molar-refractivity contribution in [1.29, 1.82) is 0 Å². The van der Waals surface area contributed by atoms with Crippen LogP contribution in [0.5, 0.6) is 11.5 Å². The lowest BCUT2D eigenvalue weighted by Crippen LogP contribution is -2.38. The molecule has 154 valence electrons. The van der Waals surface area contributed by atoms with Gasteiger partial charge in [-0.15, -0.1) is 0 Å². The minimum atomic E-state index is -1.07. The number of hydrogen-bond donors (Lipinski definition) is 2. The number of hydrogen-bond acceptors (Lipinski definition) is 8. The van der Waals surface area contributed by atoms with Gasteiger partial charge in [-0.3, -0.25) is 14.3 Å². The number of rotatable bonds is 5. The number of nitrogens with one attached hydrogen (secondary N) is 1. The van der Waals surface area contributed by atoms with E-state index in [1.165, 1.54) is 18.8 Å². The highest BCUT2D eigenvalue weighted by Crippen LogP contribution is 2.44. The van der Waals surface area contributed by atoms with Gasteiger partial charge in [0.25, 0.3) is 5.56 Å². The third-order valence-electron chi connectivity index (χ3n) is 5.24. The van der Waals surface area contributed by atoms with Crippen molar-refractivity contribution in [1.82, 2.24) is 9.55 Å². The van der Waals surface area contributed by atoms with Gasteiger partial charge in [-0.1, -0.05) is 6.07 Å². The molecule has 0 radical (unpaired) electrons. The van der Waals surface area contributed by atoms with Gasteiger partial charge in [0.1, 0.15) is 16.9 Å². The summed E-state index contributed by atoms with van der Waals surface area (Å²) in [5.74, 6) is -0.166. The van der Waals surface area contributed by atoms with E-state index in [1.807, 2.05) is 0 Å². The van der Waals surface area contributed by atoms with E-state index in [9.17, 15) is 14.4 Å². The van der Waals surface area contributed by atoms with Crippen LogP contribution in [0, 0.1) is 0 Å². The van der Waals surface area contributed by atoms with Crippen LogP contribution in [0.2, 0.25) is 0 Å². The Kier molecular flexibility index (Phi) is 4.79. The summed E-state index contributed by atoms with van der Waals surface area (Å²) in [7, 11) is 2.85. The third-order valence-corrected chi connectivity index (χ3v) is 5.24. The van der Waals surface area contributed by atoms with Crippen molar-refractivity contribution in [3.63, 3.8) is 0 Å². The number of nitrogens with two attached hydrogens (primary N) is 1. The quantitative estimate of drug-likeness (QED) is 0.692. The number of nitrogen functional groups attached to an aromatic ring is 1. The molecule has 10 nitrogen and oxygen atoms in total. The van der Waals surface area contributed by atoms with E-state index < -0.39 is 23.3 Å². The lowest BCUT2D eigenvalue weighted by atomic mass is 9.99. The minimum Gasteiger partial charge on any atom is -0.493 e. The number of benzene rings is 1. The Bertz CT molecular complexity index is 1080. The molecule has 2 aliphatic rings. The second-order valence-electron chi connectivity index (χ2n) is 6.85. The molecule has 2 atom stereocenters. The smallest absolute Gasteiger partial charge is 0.343 e. The van der Waals surface area contributed by atoms with Crippen molar-refractivity contribution in [3.05, 3.63) is 49.7 Å². The van der Waals surface area contributed by atoms with E-state index in [2.05, 4.69) is 4.98 Å². The van der Waals surface area contributed by atoms with E-state index in [0.717, 1.165) is 12.8 Å². The molecule has 10 heteroatoms. The Labute approximate surface area is 165 Å². The molecule has 29 heavy (non-hydrogen) atoms. The van der Waals surface area contributed by atoms with Crippen LogP contribution in [-0.4, -0.2) is 42.5 Å². The molecule has 2 aromatic rings. The first kappa shape index (κ1) is 19.1. The van der Waals surface area contributed by atoms with Gasteiger partial charge in [0, 0.05) is 12.2 Å². The summed E-state index contributed by atoms with van der Waals surface area (Å²) in [5.41, 5.74) is 5.42. The van der Waals surface area contributed by atoms with Gasteiger partial charge < -0.3 is 24.7 Å². The lowest BCUT2D eigenvalue weighted by molar-refractivity contribution is 0.0451. The molecule has 1 aromatic carbocycles. The lowest BCUT2D eigenvalue weighted by Gasteiger charge is -2.18. The van der Waals surface area contributed by atoms with Gasteiger partial charge in [0.05, 0.1) is 26.9 Å². The van der Waals surface area contributed by atoms with Gasteiger partial charge in [0.15, 0.2) is 17.6 Å². The Balaban J connectivity index is 1.84. The number of cyclic esters (lactones) is 1. The van der Waals surface area contributed by atoms with E-state index >= 15 is 0 Å². The Morgan fingerprint density at radius 2 is 2.03 bits per heavy atom. The fourth-order valence-corrected chi connectivity index (χ4v) is 3.84. The zero-order valence-electron chi connectivity index (χ0n) is 16.0. The predicted molar refractivity (Wildman–Crippen MR) is 102 cm³/mol. The minimum absolute atomic E-state index is 0.0121. The zero-order chi connectivity index (χ0) is 20.7. The molecule has 3 N–H and O–H groups in total. The average molecular weight is 403 g/mol. The van der Waals surface area contributed by atoms with Crippen molar-refractivity contribution in [3.8, 4) is 11.5 Å². The second kappa shape index (κ2) is 7.28. The van der Waals surface area contributed by atoms with Crippen LogP contribution in [0.1, 0.15) is 40.4 Å². The van der Waals surface area contributed by atoms with E-state index in [1.54, 1.807) is 12.1 Å². The summed E-state index contributed by atoms with van der Waals surface area (Å²) in [4.78, 5) is 39.8. The Morgan fingerprint density at radius 3 is 2.69 bits per heavy atom. The van der Waals surface area contributed by atoms with Crippen LogP contribution < -0.4 is 26.5 Å². The number of anilines is 1. The molecule has 0 aliphatic carbocycles. The molecule has 0 spiro atoms. The number of ether oxygens (including phenoxy) is 4. The molecule has 2 aliphatic heterocycles. The molecule has 0 bridgehead atoms. The van der Waals surface area contributed by atoms with Gasteiger partial charge in [0.2, 0.25) is 0 Å². The number of fused-ring (bicyclic) bond motifs is 1. The van der Waals surface area contributed by atoms with Crippen LogP contribution in [-0.2, 0) is 16.0 Å². The number of carbonyl (C=O) groups excluding carboxylic acids is 1. The van der Waals surface area contributed by atoms with Gasteiger partial charge in [-0.2, -0.15) is 0 Å². The average Bonchev–Trinajstić information content (AvgIpc) is 3.32. The number of aromatic nitrogens is 2. The fourth-order valence-electron chi connectivity index (χ4n) is 3.84. The monoisotopic (exact) mass is 403 g/mol.